The molecule has 12 heavy (non-hydrogen) atoms. The molecule has 1 heterocycles. The van der Waals surface area contributed by atoms with Gasteiger partial charge in [0.1, 0.15) is 0 Å². The lowest BCUT2D eigenvalue weighted by molar-refractivity contribution is 0.592. The van der Waals surface area contributed by atoms with E-state index in [-0.39, 0.29) is 0 Å². The summed E-state index contributed by atoms with van der Waals surface area (Å²) < 4.78 is 22.2. The Labute approximate surface area is 72.4 Å². The first-order chi connectivity index (χ1) is 5.52. The lowest BCUT2D eigenvalue weighted by atomic mass is 10.2. The van der Waals surface area contributed by atoms with Crippen LogP contribution in [-0.4, -0.2) is 19.7 Å². The Morgan fingerprint density at radius 3 is 2.58 bits per heavy atom. The van der Waals surface area contributed by atoms with E-state index < -0.39 is 15.1 Å². The molecule has 0 aliphatic carbocycles. The highest BCUT2D eigenvalue weighted by atomic mass is 32.2. The molecule has 4 heteroatoms. The summed E-state index contributed by atoms with van der Waals surface area (Å²) in [4.78, 5) is 3.85. The number of pyridine rings is 1. The molecule has 0 bridgehead atoms. The predicted molar refractivity (Wildman–Crippen MR) is 47.5 cm³/mol. The highest BCUT2D eigenvalue weighted by Gasteiger charge is 2.16. The van der Waals surface area contributed by atoms with Crippen LogP contribution in [0, 0.1) is 0 Å². The van der Waals surface area contributed by atoms with Gasteiger partial charge in [-0.1, -0.05) is 6.07 Å². The minimum atomic E-state index is -3.00. The van der Waals surface area contributed by atoms with Crippen molar-refractivity contribution in [3.63, 3.8) is 0 Å². The fourth-order valence-electron chi connectivity index (χ4n) is 0.864. The van der Waals surface area contributed by atoms with Crippen molar-refractivity contribution in [3.8, 4) is 0 Å². The van der Waals surface area contributed by atoms with Crippen LogP contribution in [0.4, 0.5) is 0 Å². The molecular weight excluding hydrogens is 174 g/mol. The summed E-state index contributed by atoms with van der Waals surface area (Å²) in [6, 6.07) is 3.50. The Morgan fingerprint density at radius 2 is 2.17 bits per heavy atom. The van der Waals surface area contributed by atoms with Crippen LogP contribution >= 0.6 is 0 Å². The second-order valence-corrected chi connectivity index (χ2v) is 5.12. The zero-order chi connectivity index (χ0) is 9.19. The largest absolute Gasteiger partial charge is 0.264 e. The van der Waals surface area contributed by atoms with Gasteiger partial charge in [-0.25, -0.2) is 8.42 Å². The van der Waals surface area contributed by atoms with Gasteiger partial charge in [-0.05, 0) is 18.6 Å². The van der Waals surface area contributed by atoms with E-state index in [2.05, 4.69) is 4.98 Å². The zero-order valence-electron chi connectivity index (χ0n) is 7.06. The maximum atomic E-state index is 11.1. The van der Waals surface area contributed by atoms with Gasteiger partial charge < -0.3 is 0 Å². The molecule has 3 nitrogen and oxygen atoms in total. The number of nitrogens with zero attached hydrogens (tertiary/aromatic N) is 1. The summed E-state index contributed by atoms with van der Waals surface area (Å²) in [6.45, 7) is 1.66. The van der Waals surface area contributed by atoms with Gasteiger partial charge >= 0.3 is 0 Å². The van der Waals surface area contributed by atoms with E-state index in [1.165, 1.54) is 6.26 Å². The minimum absolute atomic E-state index is 0.466. The summed E-state index contributed by atoms with van der Waals surface area (Å²) >= 11 is 0. The standard InChI is InChI=1S/C8H11NO2S/c1-7(12(2,10)11)8-4-3-5-9-6-8/h3-7H,1-2H3. The Hall–Kier alpha value is -0.900. The Bertz CT molecular complexity index is 345. The summed E-state index contributed by atoms with van der Waals surface area (Å²) in [5.41, 5.74) is 0.736. The molecule has 0 aromatic carbocycles. The van der Waals surface area contributed by atoms with E-state index in [4.69, 9.17) is 0 Å². The highest BCUT2D eigenvalue weighted by Crippen LogP contribution is 2.18. The first-order valence-corrected chi connectivity index (χ1v) is 5.56. The van der Waals surface area contributed by atoms with Crippen molar-refractivity contribution >= 4 is 9.84 Å². The lowest BCUT2D eigenvalue weighted by Gasteiger charge is -2.07. The first kappa shape index (κ1) is 9.19. The molecule has 0 amide bonds. The molecule has 66 valence electrons. The molecule has 0 saturated heterocycles. The van der Waals surface area contributed by atoms with E-state index in [0.29, 0.717) is 0 Å². The Balaban J connectivity index is 3.02. The average molecular weight is 185 g/mol. The molecule has 0 radical (unpaired) electrons. The van der Waals surface area contributed by atoms with Crippen LogP contribution in [0.2, 0.25) is 0 Å². The third kappa shape index (κ3) is 2.04. The SMILES string of the molecule is CC(c1cccnc1)S(C)(=O)=O. The van der Waals surface area contributed by atoms with Crippen molar-refractivity contribution in [1.82, 2.24) is 4.98 Å². The number of hydrogen-bond donors (Lipinski definition) is 0. The molecule has 1 unspecified atom stereocenters. The number of hydrogen-bond acceptors (Lipinski definition) is 3. The van der Waals surface area contributed by atoms with Crippen LogP contribution < -0.4 is 0 Å². The number of sulfone groups is 1. The van der Waals surface area contributed by atoms with Crippen LogP contribution in [-0.2, 0) is 9.84 Å². The summed E-state index contributed by atoms with van der Waals surface area (Å²) in [6.07, 6.45) is 4.43. The molecule has 0 fully saturated rings. The maximum Gasteiger partial charge on any atom is 0.154 e. The van der Waals surface area contributed by atoms with E-state index in [1.807, 2.05) is 0 Å². The molecule has 1 aromatic rings. The van der Waals surface area contributed by atoms with E-state index in [1.54, 1.807) is 31.5 Å². The van der Waals surface area contributed by atoms with E-state index in [0.717, 1.165) is 5.56 Å². The van der Waals surface area contributed by atoms with Gasteiger partial charge in [0.25, 0.3) is 0 Å². The second-order valence-electron chi connectivity index (χ2n) is 2.76. The average Bonchev–Trinajstić information content (AvgIpc) is 2.03. The fraction of sp³-hybridized carbons (Fsp3) is 0.375. The van der Waals surface area contributed by atoms with Crippen LogP contribution in [0.3, 0.4) is 0 Å². The molecule has 0 saturated carbocycles. The van der Waals surface area contributed by atoms with Crippen molar-refractivity contribution < 1.29 is 8.42 Å². The quantitative estimate of drug-likeness (QED) is 0.695. The summed E-state index contributed by atoms with van der Waals surface area (Å²) in [5.74, 6) is 0. The Morgan fingerprint density at radius 1 is 1.50 bits per heavy atom. The third-order valence-electron chi connectivity index (χ3n) is 1.80. The number of rotatable bonds is 2. The van der Waals surface area contributed by atoms with Crippen molar-refractivity contribution in [2.24, 2.45) is 0 Å². The van der Waals surface area contributed by atoms with Gasteiger partial charge in [-0.3, -0.25) is 4.98 Å². The van der Waals surface area contributed by atoms with Crippen molar-refractivity contribution in [1.29, 1.82) is 0 Å². The van der Waals surface area contributed by atoms with Crippen LogP contribution in [0.1, 0.15) is 17.7 Å². The predicted octanol–water partition coefficient (Wildman–Crippen LogP) is 1.19. The second kappa shape index (κ2) is 3.23. The van der Waals surface area contributed by atoms with E-state index in [9.17, 15) is 8.42 Å². The number of aromatic nitrogens is 1. The van der Waals surface area contributed by atoms with Gasteiger partial charge in [0.2, 0.25) is 0 Å². The molecule has 0 aliphatic rings. The van der Waals surface area contributed by atoms with Crippen LogP contribution in [0.25, 0.3) is 0 Å². The molecule has 0 N–H and O–H groups in total. The molecule has 1 rings (SSSR count). The molecule has 0 aliphatic heterocycles. The van der Waals surface area contributed by atoms with Crippen LogP contribution in [0.15, 0.2) is 24.5 Å². The van der Waals surface area contributed by atoms with Gasteiger partial charge in [0.05, 0.1) is 5.25 Å². The topological polar surface area (TPSA) is 47.0 Å². The highest BCUT2D eigenvalue weighted by molar-refractivity contribution is 7.90. The van der Waals surface area contributed by atoms with Crippen molar-refractivity contribution in [2.45, 2.75) is 12.2 Å². The first-order valence-electron chi connectivity index (χ1n) is 3.60. The van der Waals surface area contributed by atoms with Crippen molar-refractivity contribution in [3.05, 3.63) is 30.1 Å². The molecule has 1 atom stereocenters. The lowest BCUT2D eigenvalue weighted by Crippen LogP contribution is -2.07. The normalized spacial score (nSPS) is 14.2. The minimum Gasteiger partial charge on any atom is -0.264 e. The summed E-state index contributed by atoms with van der Waals surface area (Å²) in [7, 11) is -3.00. The van der Waals surface area contributed by atoms with E-state index >= 15 is 0 Å². The molecule has 0 spiro atoms. The monoisotopic (exact) mass is 185 g/mol. The van der Waals surface area contributed by atoms with Gasteiger partial charge in [0.15, 0.2) is 9.84 Å². The van der Waals surface area contributed by atoms with Gasteiger partial charge in [-0.15, -0.1) is 0 Å². The van der Waals surface area contributed by atoms with Gasteiger partial charge in [0, 0.05) is 18.6 Å². The smallest absolute Gasteiger partial charge is 0.154 e. The fourth-order valence-corrected chi connectivity index (χ4v) is 1.50. The van der Waals surface area contributed by atoms with Gasteiger partial charge in [-0.2, -0.15) is 0 Å². The Kier molecular flexibility index (Phi) is 2.47. The maximum absolute atomic E-state index is 11.1. The summed E-state index contributed by atoms with van der Waals surface area (Å²) in [5, 5.41) is -0.466. The van der Waals surface area contributed by atoms with Crippen molar-refractivity contribution in [2.75, 3.05) is 6.26 Å². The molecular formula is C8H11NO2S. The van der Waals surface area contributed by atoms with Crippen LogP contribution in [0.5, 0.6) is 0 Å². The zero-order valence-corrected chi connectivity index (χ0v) is 7.88. The third-order valence-corrected chi connectivity index (χ3v) is 3.35. The molecule has 1 aromatic heterocycles.